The van der Waals surface area contributed by atoms with Gasteiger partial charge in [0.25, 0.3) is 5.91 Å². The lowest BCUT2D eigenvalue weighted by Crippen LogP contribution is -2.54. The van der Waals surface area contributed by atoms with E-state index in [0.29, 0.717) is 48.1 Å². The van der Waals surface area contributed by atoms with Crippen molar-refractivity contribution in [3.63, 3.8) is 0 Å². The van der Waals surface area contributed by atoms with Crippen molar-refractivity contribution in [2.75, 3.05) is 23.8 Å². The lowest BCUT2D eigenvalue weighted by molar-refractivity contribution is -0.124. The highest BCUT2D eigenvalue weighted by Gasteiger charge is 2.35. The molecule has 1 aromatic carbocycles. The number of nitrogens with zero attached hydrogens (tertiary/aromatic N) is 1. The molecule has 2 aromatic rings. The molecule has 1 aliphatic rings. The van der Waals surface area contributed by atoms with Gasteiger partial charge < -0.3 is 21.1 Å². The summed E-state index contributed by atoms with van der Waals surface area (Å²) in [6.07, 6.45) is 2.37. The van der Waals surface area contributed by atoms with E-state index in [9.17, 15) is 9.59 Å². The first-order valence-electron chi connectivity index (χ1n) is 8.17. The summed E-state index contributed by atoms with van der Waals surface area (Å²) in [5.41, 5.74) is 6.11. The second-order valence-corrected chi connectivity index (χ2v) is 6.56. The summed E-state index contributed by atoms with van der Waals surface area (Å²) in [5, 5.41) is 5.94. The van der Waals surface area contributed by atoms with Crippen molar-refractivity contribution in [1.82, 2.24) is 4.98 Å². The van der Waals surface area contributed by atoms with Crippen LogP contribution >= 0.6 is 36.4 Å². The van der Waals surface area contributed by atoms with E-state index in [0.717, 1.165) is 0 Å². The largest absolute Gasteiger partial charge is 0.381 e. The van der Waals surface area contributed by atoms with Gasteiger partial charge in [-0.3, -0.25) is 9.59 Å². The van der Waals surface area contributed by atoms with E-state index in [-0.39, 0.29) is 36.6 Å². The minimum absolute atomic E-state index is 0. The SMILES string of the molecule is Cl.Cl.NC1(C(=O)Nc2cccc(C(=O)Nc3ccc(Cl)cn3)c2)CCOCC1. The number of hydrogen-bond donors (Lipinski definition) is 3. The predicted octanol–water partition coefficient (Wildman–Crippen LogP) is 3.28. The number of ether oxygens (including phenoxy) is 1. The topological polar surface area (TPSA) is 106 Å². The molecule has 0 saturated carbocycles. The van der Waals surface area contributed by atoms with Gasteiger partial charge in [0.2, 0.25) is 5.91 Å². The molecule has 10 heteroatoms. The Labute approximate surface area is 180 Å². The fourth-order valence-corrected chi connectivity index (χ4v) is 2.71. The van der Waals surface area contributed by atoms with Crippen molar-refractivity contribution in [3.05, 3.63) is 53.2 Å². The molecule has 1 aromatic heterocycles. The maximum atomic E-state index is 12.5. The van der Waals surface area contributed by atoms with E-state index in [4.69, 9.17) is 22.1 Å². The monoisotopic (exact) mass is 446 g/mol. The Balaban J connectivity index is 0.00000196. The number of nitrogens with two attached hydrogens (primary N) is 1. The maximum Gasteiger partial charge on any atom is 0.256 e. The van der Waals surface area contributed by atoms with Crippen molar-refractivity contribution in [1.29, 1.82) is 0 Å². The first-order chi connectivity index (χ1) is 12.5. The zero-order chi connectivity index (χ0) is 18.6. The van der Waals surface area contributed by atoms with Crippen LogP contribution in [0.1, 0.15) is 23.2 Å². The number of carbonyl (C=O) groups excluding carboxylic acids is 2. The average molecular weight is 448 g/mol. The highest BCUT2D eigenvalue weighted by Crippen LogP contribution is 2.21. The minimum Gasteiger partial charge on any atom is -0.381 e. The molecular formula is C18H21Cl3N4O3. The quantitative estimate of drug-likeness (QED) is 0.667. The molecule has 3 rings (SSSR count). The molecule has 0 spiro atoms. The summed E-state index contributed by atoms with van der Waals surface area (Å²) < 4.78 is 5.25. The van der Waals surface area contributed by atoms with Crippen LogP contribution < -0.4 is 16.4 Å². The minimum atomic E-state index is -0.955. The number of anilines is 2. The van der Waals surface area contributed by atoms with E-state index < -0.39 is 5.54 Å². The van der Waals surface area contributed by atoms with Crippen LogP contribution in [-0.2, 0) is 9.53 Å². The van der Waals surface area contributed by atoms with E-state index in [2.05, 4.69) is 15.6 Å². The third-order valence-corrected chi connectivity index (χ3v) is 4.41. The third kappa shape index (κ3) is 6.05. The van der Waals surface area contributed by atoms with Crippen LogP contribution in [0.5, 0.6) is 0 Å². The van der Waals surface area contributed by atoms with Gasteiger partial charge in [0.15, 0.2) is 0 Å². The zero-order valence-electron chi connectivity index (χ0n) is 14.8. The molecule has 28 heavy (non-hydrogen) atoms. The van der Waals surface area contributed by atoms with Gasteiger partial charge in [-0.2, -0.15) is 0 Å². The molecule has 0 radical (unpaired) electrons. The molecule has 1 aliphatic heterocycles. The molecule has 1 saturated heterocycles. The summed E-state index contributed by atoms with van der Waals surface area (Å²) >= 11 is 5.78. The molecule has 7 nitrogen and oxygen atoms in total. The van der Waals surface area contributed by atoms with Crippen molar-refractivity contribution in [2.24, 2.45) is 5.73 Å². The maximum absolute atomic E-state index is 12.5. The van der Waals surface area contributed by atoms with E-state index in [1.54, 1.807) is 36.4 Å². The van der Waals surface area contributed by atoms with Gasteiger partial charge in [0.05, 0.1) is 5.02 Å². The number of rotatable bonds is 4. The molecule has 0 atom stereocenters. The van der Waals surface area contributed by atoms with E-state index >= 15 is 0 Å². The van der Waals surface area contributed by atoms with Crippen LogP contribution in [0.3, 0.4) is 0 Å². The number of amides is 2. The highest BCUT2D eigenvalue weighted by molar-refractivity contribution is 6.30. The first-order valence-corrected chi connectivity index (χ1v) is 8.55. The Morgan fingerprint density at radius 2 is 1.82 bits per heavy atom. The summed E-state index contributed by atoms with van der Waals surface area (Å²) in [4.78, 5) is 28.9. The number of hydrogen-bond acceptors (Lipinski definition) is 5. The predicted molar refractivity (Wildman–Crippen MR) is 114 cm³/mol. The molecule has 152 valence electrons. The van der Waals surface area contributed by atoms with Crippen molar-refractivity contribution < 1.29 is 14.3 Å². The summed E-state index contributed by atoms with van der Waals surface area (Å²) in [6.45, 7) is 0.918. The number of nitrogens with one attached hydrogen (secondary N) is 2. The van der Waals surface area contributed by atoms with E-state index in [1.807, 2.05) is 0 Å². The number of halogens is 3. The summed E-state index contributed by atoms with van der Waals surface area (Å²) in [6, 6.07) is 9.87. The van der Waals surface area contributed by atoms with Gasteiger partial charge in [-0.25, -0.2) is 4.98 Å². The van der Waals surface area contributed by atoms with Crippen LogP contribution in [0.4, 0.5) is 11.5 Å². The smallest absolute Gasteiger partial charge is 0.256 e. The number of benzene rings is 1. The van der Waals surface area contributed by atoms with Gasteiger partial charge in [0, 0.05) is 30.7 Å². The van der Waals surface area contributed by atoms with Crippen molar-refractivity contribution >= 4 is 59.7 Å². The van der Waals surface area contributed by atoms with Crippen LogP contribution in [-0.4, -0.2) is 35.6 Å². The molecular weight excluding hydrogens is 427 g/mol. The van der Waals surface area contributed by atoms with Crippen LogP contribution in [0.2, 0.25) is 5.02 Å². The number of pyridine rings is 1. The van der Waals surface area contributed by atoms with E-state index in [1.165, 1.54) is 6.20 Å². The molecule has 0 bridgehead atoms. The van der Waals surface area contributed by atoms with Crippen molar-refractivity contribution in [2.45, 2.75) is 18.4 Å². The van der Waals surface area contributed by atoms with Gasteiger partial charge in [0.1, 0.15) is 11.4 Å². The van der Waals surface area contributed by atoms with Gasteiger partial charge in [-0.15, -0.1) is 24.8 Å². The van der Waals surface area contributed by atoms with Crippen LogP contribution in [0.15, 0.2) is 42.6 Å². The Morgan fingerprint density at radius 3 is 2.46 bits per heavy atom. The zero-order valence-corrected chi connectivity index (χ0v) is 17.2. The van der Waals surface area contributed by atoms with Crippen LogP contribution in [0.25, 0.3) is 0 Å². The van der Waals surface area contributed by atoms with Crippen molar-refractivity contribution in [3.8, 4) is 0 Å². The average Bonchev–Trinajstić information content (AvgIpc) is 2.64. The Bertz CT molecular complexity index is 812. The van der Waals surface area contributed by atoms with Gasteiger partial charge >= 0.3 is 0 Å². The van der Waals surface area contributed by atoms with Crippen LogP contribution in [0, 0.1) is 0 Å². The molecule has 0 unspecified atom stereocenters. The Kier molecular flexibility index (Phi) is 9.13. The second kappa shape index (κ2) is 10.6. The Morgan fingerprint density at radius 1 is 1.11 bits per heavy atom. The fourth-order valence-electron chi connectivity index (χ4n) is 2.59. The fraction of sp³-hybridized carbons (Fsp3) is 0.278. The first kappa shape index (κ1) is 24.1. The third-order valence-electron chi connectivity index (χ3n) is 4.19. The molecule has 4 N–H and O–H groups in total. The number of carbonyl (C=O) groups is 2. The lowest BCUT2D eigenvalue weighted by Gasteiger charge is -2.31. The lowest BCUT2D eigenvalue weighted by atomic mass is 9.90. The molecule has 2 heterocycles. The van der Waals surface area contributed by atoms with Gasteiger partial charge in [-0.05, 0) is 43.2 Å². The molecule has 1 fully saturated rings. The van der Waals surface area contributed by atoms with Gasteiger partial charge in [-0.1, -0.05) is 17.7 Å². The highest BCUT2D eigenvalue weighted by atomic mass is 35.5. The normalized spacial score (nSPS) is 14.8. The molecule has 2 amide bonds. The number of aromatic nitrogens is 1. The summed E-state index contributed by atoms with van der Waals surface area (Å²) in [5.74, 6) is -0.237. The Hall–Kier alpha value is -1.90. The molecule has 0 aliphatic carbocycles. The standard InChI is InChI=1S/C18H19ClN4O3.2ClH/c19-13-4-5-15(21-11-13)23-16(24)12-2-1-3-14(10-12)22-17(25)18(20)6-8-26-9-7-18;;/h1-5,10-11H,6-9,20H2,(H,22,25)(H,21,23,24);2*1H. The second-order valence-electron chi connectivity index (χ2n) is 6.12. The summed E-state index contributed by atoms with van der Waals surface area (Å²) in [7, 11) is 0.